The van der Waals surface area contributed by atoms with Crippen LogP contribution in [-0.2, 0) is 19.4 Å². The number of hydrogen-bond donors (Lipinski definition) is 0. The lowest BCUT2D eigenvalue weighted by Crippen LogP contribution is -2.21. The molecule has 0 bridgehead atoms. The van der Waals surface area contributed by atoms with E-state index in [1.807, 2.05) is 0 Å². The Morgan fingerprint density at radius 3 is 2.29 bits per heavy atom. The lowest BCUT2D eigenvalue weighted by molar-refractivity contribution is -0.145. The molecule has 0 aromatic heterocycles. The van der Waals surface area contributed by atoms with Gasteiger partial charge in [0.05, 0.1) is 10.3 Å². The van der Waals surface area contributed by atoms with E-state index in [2.05, 4.69) is 0 Å². The highest BCUT2D eigenvalue weighted by Crippen LogP contribution is 2.37. The maximum Gasteiger partial charge on any atom is 0.312 e. The van der Waals surface area contributed by atoms with Gasteiger partial charge >= 0.3 is 5.97 Å². The first kappa shape index (κ1) is 12.1. The topological polar surface area (TPSA) is 60.4 Å². The Morgan fingerprint density at radius 2 is 1.82 bits per heavy atom. The fourth-order valence-electron chi connectivity index (χ4n) is 1.76. The Morgan fingerprint density at radius 1 is 1.24 bits per heavy atom. The van der Waals surface area contributed by atoms with Crippen LogP contribution in [-0.4, -0.2) is 19.8 Å². The molecule has 0 N–H and O–H groups in total. The number of cyclic esters (lactones) is 1. The largest absolute Gasteiger partial charge is 0.445 e. The van der Waals surface area contributed by atoms with Crippen molar-refractivity contribution in [3.05, 3.63) is 30.3 Å². The summed E-state index contributed by atoms with van der Waals surface area (Å²) < 4.78 is 29.4. The first-order chi connectivity index (χ1) is 7.84. The van der Waals surface area contributed by atoms with E-state index >= 15 is 0 Å². The van der Waals surface area contributed by atoms with Crippen molar-refractivity contribution in [3.8, 4) is 0 Å². The molecule has 1 fully saturated rings. The van der Waals surface area contributed by atoms with Crippen LogP contribution in [0.5, 0.6) is 0 Å². The summed E-state index contributed by atoms with van der Waals surface area (Å²) in [4.78, 5) is 11.7. The molecule has 0 amide bonds. The van der Waals surface area contributed by atoms with Crippen LogP contribution in [0, 0.1) is 5.41 Å². The lowest BCUT2D eigenvalue weighted by atomic mass is 9.92. The number of benzene rings is 1. The van der Waals surface area contributed by atoms with E-state index in [9.17, 15) is 13.2 Å². The summed E-state index contributed by atoms with van der Waals surface area (Å²) in [7, 11) is -3.59. The second-order valence-corrected chi connectivity index (χ2v) is 6.87. The van der Waals surface area contributed by atoms with Crippen molar-refractivity contribution < 1.29 is 17.9 Å². The molecule has 4 nitrogen and oxygen atoms in total. The van der Waals surface area contributed by atoms with Gasteiger partial charge in [-0.05, 0) is 26.0 Å². The molecular formula is C12H14O4S. The van der Waals surface area contributed by atoms with E-state index in [0.717, 1.165) is 0 Å². The molecule has 1 aromatic rings. The first-order valence-corrected chi connectivity index (χ1v) is 6.89. The molecule has 0 unspecified atom stereocenters. The van der Waals surface area contributed by atoms with Gasteiger partial charge in [0, 0.05) is 6.42 Å². The van der Waals surface area contributed by atoms with Gasteiger partial charge in [-0.15, -0.1) is 0 Å². The summed E-state index contributed by atoms with van der Waals surface area (Å²) >= 11 is 0. The zero-order chi connectivity index (χ0) is 12.7. The standard InChI is InChI=1S/C12H14O4S/c1-12(2)8-10(16-11(12)13)17(14,15)9-6-4-3-5-7-9/h3-7,10H,8H2,1-2H3/t10-/m1/s1. The molecule has 5 heteroatoms. The van der Waals surface area contributed by atoms with Gasteiger partial charge in [0.25, 0.3) is 0 Å². The molecule has 0 spiro atoms. The number of carbonyl (C=O) groups is 1. The Hall–Kier alpha value is -1.36. The van der Waals surface area contributed by atoms with Crippen molar-refractivity contribution in [1.82, 2.24) is 0 Å². The van der Waals surface area contributed by atoms with Crippen LogP contribution in [0.4, 0.5) is 0 Å². The van der Waals surface area contributed by atoms with E-state index in [1.54, 1.807) is 32.0 Å². The Kier molecular flexibility index (Phi) is 2.73. The number of sulfone groups is 1. The van der Waals surface area contributed by atoms with Crippen LogP contribution >= 0.6 is 0 Å². The Labute approximate surface area is 101 Å². The molecule has 0 saturated carbocycles. The Bertz CT molecular complexity index is 531. The van der Waals surface area contributed by atoms with E-state index in [-0.39, 0.29) is 11.3 Å². The normalized spacial score (nSPS) is 23.4. The Balaban J connectivity index is 2.34. The predicted octanol–water partition coefficient (Wildman–Crippen LogP) is 1.76. The van der Waals surface area contributed by atoms with Crippen LogP contribution in [0.1, 0.15) is 20.3 Å². The van der Waals surface area contributed by atoms with E-state index in [1.165, 1.54) is 12.1 Å². The SMILES string of the molecule is CC1(C)C[C@@H](S(=O)(=O)c2ccccc2)OC1=O. The highest BCUT2D eigenvalue weighted by molar-refractivity contribution is 7.92. The number of esters is 1. The van der Waals surface area contributed by atoms with Crippen molar-refractivity contribution in [3.63, 3.8) is 0 Å². The summed E-state index contributed by atoms with van der Waals surface area (Å²) in [6.45, 7) is 3.38. The third-order valence-electron chi connectivity index (χ3n) is 2.89. The molecular weight excluding hydrogens is 240 g/mol. The van der Waals surface area contributed by atoms with Gasteiger partial charge in [0.1, 0.15) is 0 Å². The van der Waals surface area contributed by atoms with Gasteiger partial charge in [0.2, 0.25) is 15.3 Å². The van der Waals surface area contributed by atoms with Gasteiger partial charge in [-0.1, -0.05) is 18.2 Å². The van der Waals surface area contributed by atoms with Gasteiger partial charge < -0.3 is 4.74 Å². The van der Waals surface area contributed by atoms with Crippen molar-refractivity contribution >= 4 is 15.8 Å². The summed E-state index contributed by atoms with van der Waals surface area (Å²) in [6.07, 6.45) is 0.197. The summed E-state index contributed by atoms with van der Waals surface area (Å²) in [5.74, 6) is -0.456. The third-order valence-corrected chi connectivity index (χ3v) is 4.77. The molecule has 1 aromatic carbocycles. The second-order valence-electron chi connectivity index (χ2n) is 4.78. The summed E-state index contributed by atoms with van der Waals surface area (Å²) in [5, 5.41) is 0. The molecule has 1 saturated heterocycles. The van der Waals surface area contributed by atoms with Crippen LogP contribution in [0.25, 0.3) is 0 Å². The molecule has 1 heterocycles. The van der Waals surface area contributed by atoms with Gasteiger partial charge in [-0.2, -0.15) is 0 Å². The minimum Gasteiger partial charge on any atom is -0.445 e. The van der Waals surface area contributed by atoms with Gasteiger partial charge in [-0.25, -0.2) is 8.42 Å². The van der Waals surface area contributed by atoms with Crippen molar-refractivity contribution in [1.29, 1.82) is 0 Å². The van der Waals surface area contributed by atoms with Gasteiger partial charge in [0.15, 0.2) is 0 Å². The van der Waals surface area contributed by atoms with Crippen LogP contribution in [0.15, 0.2) is 35.2 Å². The van der Waals surface area contributed by atoms with Crippen molar-refractivity contribution in [2.45, 2.75) is 30.6 Å². The highest BCUT2D eigenvalue weighted by atomic mass is 32.2. The van der Waals surface area contributed by atoms with E-state index < -0.39 is 26.7 Å². The maximum absolute atomic E-state index is 12.2. The van der Waals surface area contributed by atoms with E-state index in [4.69, 9.17) is 4.74 Å². The smallest absolute Gasteiger partial charge is 0.312 e. The molecule has 2 rings (SSSR count). The third kappa shape index (κ3) is 2.07. The van der Waals surface area contributed by atoms with Crippen LogP contribution in [0.3, 0.4) is 0 Å². The zero-order valence-corrected chi connectivity index (χ0v) is 10.5. The van der Waals surface area contributed by atoms with E-state index in [0.29, 0.717) is 0 Å². The first-order valence-electron chi connectivity index (χ1n) is 5.34. The maximum atomic E-state index is 12.2. The fraction of sp³-hybridized carbons (Fsp3) is 0.417. The van der Waals surface area contributed by atoms with Gasteiger partial charge in [-0.3, -0.25) is 4.79 Å². The highest BCUT2D eigenvalue weighted by Gasteiger charge is 2.47. The minimum absolute atomic E-state index is 0.190. The number of hydrogen-bond acceptors (Lipinski definition) is 4. The lowest BCUT2D eigenvalue weighted by Gasteiger charge is -2.11. The number of rotatable bonds is 2. The molecule has 0 radical (unpaired) electrons. The quantitative estimate of drug-likeness (QED) is 0.754. The molecule has 1 atom stereocenters. The molecule has 17 heavy (non-hydrogen) atoms. The summed E-state index contributed by atoms with van der Waals surface area (Å²) in [6, 6.07) is 8.05. The fourth-order valence-corrected chi connectivity index (χ4v) is 3.45. The molecule has 92 valence electrons. The monoisotopic (exact) mass is 254 g/mol. The minimum atomic E-state index is -3.59. The second kappa shape index (κ2) is 3.84. The number of ether oxygens (including phenoxy) is 1. The zero-order valence-electron chi connectivity index (χ0n) is 9.71. The molecule has 1 aliphatic heterocycles. The summed E-state index contributed by atoms with van der Waals surface area (Å²) in [5.41, 5.74) is -1.79. The predicted molar refractivity (Wildman–Crippen MR) is 61.9 cm³/mol. The molecule has 1 aliphatic rings. The molecule has 0 aliphatic carbocycles. The van der Waals surface area contributed by atoms with Crippen molar-refractivity contribution in [2.24, 2.45) is 5.41 Å². The number of carbonyl (C=O) groups excluding carboxylic acids is 1. The average molecular weight is 254 g/mol. The van der Waals surface area contributed by atoms with Crippen LogP contribution < -0.4 is 0 Å². The van der Waals surface area contributed by atoms with Crippen LogP contribution in [0.2, 0.25) is 0 Å². The van der Waals surface area contributed by atoms with Crippen molar-refractivity contribution in [2.75, 3.05) is 0 Å². The average Bonchev–Trinajstić information content (AvgIpc) is 2.55.